The molecule has 0 unspecified atom stereocenters. The van der Waals surface area contributed by atoms with Crippen molar-refractivity contribution in [3.63, 3.8) is 0 Å². The SMILES string of the molecule is COC(=O)/C(C#N)=C/c1ccc(OCc2cccc(-c3ccccc3)c2C)c(Cl)c1. The van der Waals surface area contributed by atoms with E-state index in [1.165, 1.54) is 13.2 Å². The first kappa shape index (κ1) is 21.2. The van der Waals surface area contributed by atoms with Crippen LogP contribution < -0.4 is 4.74 Å². The number of halogens is 1. The molecular weight excluding hydrogens is 398 g/mol. The monoisotopic (exact) mass is 417 g/mol. The zero-order valence-electron chi connectivity index (χ0n) is 16.7. The van der Waals surface area contributed by atoms with Crippen LogP contribution in [0.15, 0.2) is 72.3 Å². The number of ether oxygens (including phenoxy) is 2. The third-order valence-electron chi connectivity index (χ3n) is 4.71. The van der Waals surface area contributed by atoms with E-state index >= 15 is 0 Å². The zero-order valence-corrected chi connectivity index (χ0v) is 17.4. The van der Waals surface area contributed by atoms with Gasteiger partial charge >= 0.3 is 5.97 Å². The molecule has 5 heteroatoms. The van der Waals surface area contributed by atoms with Crippen molar-refractivity contribution in [2.75, 3.05) is 7.11 Å². The number of hydrogen-bond donors (Lipinski definition) is 0. The molecule has 0 saturated heterocycles. The van der Waals surface area contributed by atoms with E-state index in [1.54, 1.807) is 18.2 Å². The summed E-state index contributed by atoms with van der Waals surface area (Å²) in [6, 6.07) is 23.3. The lowest BCUT2D eigenvalue weighted by atomic mass is 9.97. The Labute approximate surface area is 180 Å². The van der Waals surface area contributed by atoms with E-state index in [2.05, 4.69) is 29.9 Å². The fourth-order valence-electron chi connectivity index (χ4n) is 3.06. The van der Waals surface area contributed by atoms with Gasteiger partial charge < -0.3 is 9.47 Å². The predicted octanol–water partition coefficient (Wildman–Crippen LogP) is 5.97. The average molecular weight is 418 g/mol. The first-order valence-electron chi connectivity index (χ1n) is 9.30. The number of methoxy groups -OCH3 is 1. The lowest BCUT2D eigenvalue weighted by molar-refractivity contribution is -0.135. The van der Waals surface area contributed by atoms with E-state index in [0.717, 1.165) is 22.3 Å². The molecule has 0 radical (unpaired) electrons. The molecule has 0 atom stereocenters. The molecule has 0 fully saturated rings. The predicted molar refractivity (Wildman–Crippen MR) is 118 cm³/mol. The minimum atomic E-state index is -0.692. The summed E-state index contributed by atoms with van der Waals surface area (Å²) in [6.07, 6.45) is 1.43. The normalized spacial score (nSPS) is 10.9. The standard InChI is InChI=1S/C25H20ClNO3/c1-17-20(9-6-10-22(17)19-7-4-3-5-8-19)16-30-24-12-11-18(14-23(24)26)13-21(15-27)25(28)29-2/h3-14H,16H2,1-2H3/b21-13+. The Balaban J connectivity index is 1.78. The highest BCUT2D eigenvalue weighted by Crippen LogP contribution is 2.29. The molecule has 0 saturated carbocycles. The van der Waals surface area contributed by atoms with E-state index < -0.39 is 5.97 Å². The molecule has 0 bridgehead atoms. The zero-order chi connectivity index (χ0) is 21.5. The Morgan fingerprint density at radius 1 is 1.10 bits per heavy atom. The number of carbonyl (C=O) groups is 1. The highest BCUT2D eigenvalue weighted by atomic mass is 35.5. The number of nitrogens with zero attached hydrogens (tertiary/aromatic N) is 1. The fourth-order valence-corrected chi connectivity index (χ4v) is 3.31. The smallest absolute Gasteiger partial charge is 0.348 e. The Kier molecular flexibility index (Phi) is 6.90. The van der Waals surface area contributed by atoms with Gasteiger partial charge in [0, 0.05) is 0 Å². The maximum absolute atomic E-state index is 11.5. The second kappa shape index (κ2) is 9.78. The molecule has 0 aliphatic carbocycles. The van der Waals surface area contributed by atoms with Gasteiger partial charge in [-0.05, 0) is 52.9 Å². The van der Waals surface area contributed by atoms with Gasteiger partial charge in [-0.1, -0.05) is 66.2 Å². The van der Waals surface area contributed by atoms with Gasteiger partial charge in [0.1, 0.15) is 24.0 Å². The minimum Gasteiger partial charge on any atom is -0.487 e. The molecule has 4 nitrogen and oxygen atoms in total. The van der Waals surface area contributed by atoms with Crippen LogP contribution in [0.25, 0.3) is 17.2 Å². The summed E-state index contributed by atoms with van der Waals surface area (Å²) in [5, 5.41) is 9.47. The van der Waals surface area contributed by atoms with Crippen molar-refractivity contribution in [3.8, 4) is 22.9 Å². The number of nitriles is 1. The minimum absolute atomic E-state index is 0.101. The molecule has 0 heterocycles. The fraction of sp³-hybridized carbons (Fsp3) is 0.120. The van der Waals surface area contributed by atoms with E-state index in [-0.39, 0.29) is 5.57 Å². The summed E-state index contributed by atoms with van der Waals surface area (Å²) in [7, 11) is 1.23. The largest absolute Gasteiger partial charge is 0.487 e. The maximum Gasteiger partial charge on any atom is 0.348 e. The lowest BCUT2D eigenvalue weighted by Gasteiger charge is -2.14. The molecule has 0 amide bonds. The molecule has 3 aromatic carbocycles. The molecule has 3 rings (SSSR count). The number of carbonyl (C=O) groups excluding carboxylic acids is 1. The van der Waals surface area contributed by atoms with Crippen LogP contribution in [0.4, 0.5) is 0 Å². The molecule has 0 spiro atoms. The molecule has 150 valence electrons. The van der Waals surface area contributed by atoms with Gasteiger partial charge in [0.2, 0.25) is 0 Å². The summed E-state index contributed by atoms with van der Waals surface area (Å²) in [6.45, 7) is 2.44. The third kappa shape index (κ3) is 4.89. The van der Waals surface area contributed by atoms with E-state index in [1.807, 2.05) is 36.4 Å². The maximum atomic E-state index is 11.5. The van der Waals surface area contributed by atoms with E-state index in [9.17, 15) is 4.79 Å². The Morgan fingerprint density at radius 2 is 1.87 bits per heavy atom. The highest BCUT2D eigenvalue weighted by molar-refractivity contribution is 6.32. The molecule has 0 aliphatic heterocycles. The van der Waals surface area contributed by atoms with E-state index in [0.29, 0.717) is 22.9 Å². The second-order valence-corrected chi connectivity index (χ2v) is 7.00. The van der Waals surface area contributed by atoms with Crippen molar-refractivity contribution < 1.29 is 14.3 Å². The summed E-state index contributed by atoms with van der Waals surface area (Å²) >= 11 is 6.35. The quantitative estimate of drug-likeness (QED) is 0.281. The summed E-state index contributed by atoms with van der Waals surface area (Å²) in [4.78, 5) is 11.5. The van der Waals surface area contributed by atoms with Crippen molar-refractivity contribution in [1.29, 1.82) is 5.26 Å². The molecule has 30 heavy (non-hydrogen) atoms. The van der Waals surface area contributed by atoms with Crippen LogP contribution in [0.5, 0.6) is 5.75 Å². The van der Waals surface area contributed by atoms with E-state index in [4.69, 9.17) is 21.6 Å². The van der Waals surface area contributed by atoms with Gasteiger partial charge in [0.25, 0.3) is 0 Å². The van der Waals surface area contributed by atoms with Gasteiger partial charge in [-0.3, -0.25) is 0 Å². The molecule has 0 aliphatic rings. The Morgan fingerprint density at radius 3 is 2.53 bits per heavy atom. The first-order chi connectivity index (χ1) is 14.5. The van der Waals surface area contributed by atoms with Crippen molar-refractivity contribution in [3.05, 3.63) is 94.0 Å². The molecule has 3 aromatic rings. The number of esters is 1. The number of rotatable bonds is 6. The Hall–Kier alpha value is -3.55. The van der Waals surface area contributed by atoms with Crippen LogP contribution in [0.2, 0.25) is 5.02 Å². The van der Waals surface area contributed by atoms with Crippen LogP contribution in [-0.4, -0.2) is 13.1 Å². The summed E-state index contributed by atoms with van der Waals surface area (Å²) in [5.41, 5.74) is 5.04. The van der Waals surface area contributed by atoms with Crippen LogP contribution in [0.1, 0.15) is 16.7 Å². The average Bonchev–Trinajstić information content (AvgIpc) is 2.77. The van der Waals surface area contributed by atoms with Crippen molar-refractivity contribution >= 4 is 23.6 Å². The topological polar surface area (TPSA) is 59.3 Å². The van der Waals surface area contributed by atoms with Gasteiger partial charge in [-0.2, -0.15) is 5.26 Å². The summed E-state index contributed by atoms with van der Waals surface area (Å²) in [5.74, 6) is -0.169. The summed E-state index contributed by atoms with van der Waals surface area (Å²) < 4.78 is 10.5. The van der Waals surface area contributed by atoms with Crippen LogP contribution in [0, 0.1) is 18.3 Å². The van der Waals surface area contributed by atoms with Gasteiger partial charge in [0.05, 0.1) is 12.1 Å². The molecule has 0 N–H and O–H groups in total. The highest BCUT2D eigenvalue weighted by Gasteiger charge is 2.11. The van der Waals surface area contributed by atoms with Gasteiger partial charge in [0.15, 0.2) is 0 Å². The second-order valence-electron chi connectivity index (χ2n) is 6.60. The van der Waals surface area contributed by atoms with Crippen molar-refractivity contribution in [2.45, 2.75) is 13.5 Å². The van der Waals surface area contributed by atoms with Crippen LogP contribution in [0.3, 0.4) is 0 Å². The van der Waals surface area contributed by atoms with Crippen LogP contribution >= 0.6 is 11.6 Å². The Bertz CT molecular complexity index is 1130. The lowest BCUT2D eigenvalue weighted by Crippen LogP contribution is -2.02. The molecule has 0 aromatic heterocycles. The number of benzene rings is 3. The van der Waals surface area contributed by atoms with Gasteiger partial charge in [-0.25, -0.2) is 4.79 Å². The number of hydrogen-bond acceptors (Lipinski definition) is 4. The van der Waals surface area contributed by atoms with Crippen LogP contribution in [-0.2, 0) is 16.1 Å². The third-order valence-corrected chi connectivity index (χ3v) is 5.00. The first-order valence-corrected chi connectivity index (χ1v) is 9.67. The van der Waals surface area contributed by atoms with Gasteiger partial charge in [-0.15, -0.1) is 0 Å². The van der Waals surface area contributed by atoms with Crippen molar-refractivity contribution in [1.82, 2.24) is 0 Å². The van der Waals surface area contributed by atoms with Crippen molar-refractivity contribution in [2.24, 2.45) is 0 Å². The molecular formula is C25H20ClNO3.